The standard InChI is InChI=1S/C18H22N6O2/c1-11-12(2)19-16-10-14(21-24(16)17(11)25)15-6-4-5-8-23(15)18(26)13-7-9-22(3)20-13/h7,9-10,15,21H,4-6,8H2,1-3H3. The van der Waals surface area contributed by atoms with E-state index in [1.165, 1.54) is 4.52 Å². The Morgan fingerprint density at radius 3 is 2.85 bits per heavy atom. The van der Waals surface area contributed by atoms with Gasteiger partial charge >= 0.3 is 0 Å². The first-order chi connectivity index (χ1) is 12.5. The molecule has 26 heavy (non-hydrogen) atoms. The zero-order chi connectivity index (χ0) is 18.4. The van der Waals surface area contributed by atoms with E-state index in [0.29, 0.717) is 23.4 Å². The van der Waals surface area contributed by atoms with E-state index in [9.17, 15) is 9.59 Å². The fourth-order valence-corrected chi connectivity index (χ4v) is 3.58. The molecule has 1 amide bonds. The number of H-pyrrole nitrogens is 1. The molecule has 3 aromatic heterocycles. The third-order valence-corrected chi connectivity index (χ3v) is 5.16. The molecule has 0 spiro atoms. The monoisotopic (exact) mass is 354 g/mol. The lowest BCUT2D eigenvalue weighted by atomic mass is 9.99. The molecule has 0 bridgehead atoms. The number of aromatic amines is 1. The molecule has 1 aliphatic heterocycles. The van der Waals surface area contributed by atoms with Gasteiger partial charge in [-0.2, -0.15) is 5.10 Å². The smallest absolute Gasteiger partial charge is 0.275 e. The quantitative estimate of drug-likeness (QED) is 0.759. The van der Waals surface area contributed by atoms with Gasteiger partial charge in [-0.3, -0.25) is 19.4 Å². The third kappa shape index (κ3) is 2.61. The molecule has 1 saturated heterocycles. The van der Waals surface area contributed by atoms with Gasteiger partial charge in [-0.05, 0) is 39.2 Å². The van der Waals surface area contributed by atoms with Crippen molar-refractivity contribution in [3.63, 3.8) is 0 Å². The normalized spacial score (nSPS) is 17.8. The fourth-order valence-electron chi connectivity index (χ4n) is 3.58. The first kappa shape index (κ1) is 16.6. The summed E-state index contributed by atoms with van der Waals surface area (Å²) in [5, 5.41) is 7.41. The van der Waals surface area contributed by atoms with Gasteiger partial charge in [0.05, 0.1) is 11.7 Å². The van der Waals surface area contributed by atoms with E-state index in [0.717, 1.165) is 30.7 Å². The fraction of sp³-hybridized carbons (Fsp3) is 0.444. The number of hydrogen-bond donors (Lipinski definition) is 1. The molecule has 4 heterocycles. The molecule has 8 heteroatoms. The first-order valence-electron chi connectivity index (χ1n) is 8.85. The molecule has 1 N–H and O–H groups in total. The number of fused-ring (bicyclic) bond motifs is 1. The summed E-state index contributed by atoms with van der Waals surface area (Å²) in [7, 11) is 1.80. The van der Waals surface area contributed by atoms with Crippen LogP contribution in [-0.2, 0) is 7.05 Å². The van der Waals surface area contributed by atoms with Crippen molar-refractivity contribution in [2.75, 3.05) is 6.54 Å². The molecular formula is C18H22N6O2. The van der Waals surface area contributed by atoms with Crippen LogP contribution in [0, 0.1) is 13.8 Å². The van der Waals surface area contributed by atoms with Crippen molar-refractivity contribution in [1.82, 2.24) is 29.3 Å². The van der Waals surface area contributed by atoms with Crippen LogP contribution in [0.3, 0.4) is 0 Å². The number of amides is 1. The van der Waals surface area contributed by atoms with Gasteiger partial charge in [-0.15, -0.1) is 0 Å². The minimum Gasteiger partial charge on any atom is -0.329 e. The average Bonchev–Trinajstić information content (AvgIpc) is 3.25. The Morgan fingerprint density at radius 2 is 2.12 bits per heavy atom. The lowest BCUT2D eigenvalue weighted by molar-refractivity contribution is 0.0598. The second-order valence-corrected chi connectivity index (χ2v) is 6.92. The second-order valence-electron chi connectivity index (χ2n) is 6.92. The minimum absolute atomic E-state index is 0.0818. The van der Waals surface area contributed by atoms with Crippen LogP contribution in [0.25, 0.3) is 5.65 Å². The van der Waals surface area contributed by atoms with Gasteiger partial charge in [0.25, 0.3) is 11.5 Å². The molecule has 0 radical (unpaired) electrons. The average molecular weight is 354 g/mol. The van der Waals surface area contributed by atoms with Crippen molar-refractivity contribution < 1.29 is 4.79 Å². The first-order valence-corrected chi connectivity index (χ1v) is 8.85. The molecular weight excluding hydrogens is 332 g/mol. The van der Waals surface area contributed by atoms with E-state index in [1.54, 1.807) is 30.9 Å². The van der Waals surface area contributed by atoms with Gasteiger partial charge in [-0.25, -0.2) is 9.50 Å². The summed E-state index contributed by atoms with van der Waals surface area (Å²) in [4.78, 5) is 31.8. The summed E-state index contributed by atoms with van der Waals surface area (Å²) < 4.78 is 3.10. The summed E-state index contributed by atoms with van der Waals surface area (Å²) >= 11 is 0. The van der Waals surface area contributed by atoms with Crippen LogP contribution in [0.15, 0.2) is 23.1 Å². The molecule has 0 aromatic carbocycles. The molecule has 0 aliphatic carbocycles. The summed E-state index contributed by atoms with van der Waals surface area (Å²) in [5.41, 5.74) is 3.12. The van der Waals surface area contributed by atoms with Gasteiger partial charge in [0.1, 0.15) is 5.69 Å². The van der Waals surface area contributed by atoms with Crippen molar-refractivity contribution in [3.05, 3.63) is 51.3 Å². The molecule has 3 aromatic rings. The number of carbonyl (C=O) groups is 1. The number of aromatic nitrogens is 5. The Kier molecular flexibility index (Phi) is 3.90. The number of nitrogens with zero attached hydrogens (tertiary/aromatic N) is 5. The number of carbonyl (C=O) groups excluding carboxylic acids is 1. The van der Waals surface area contributed by atoms with Crippen molar-refractivity contribution in [3.8, 4) is 0 Å². The molecule has 8 nitrogen and oxygen atoms in total. The molecule has 4 rings (SSSR count). The van der Waals surface area contributed by atoms with Crippen LogP contribution >= 0.6 is 0 Å². The third-order valence-electron chi connectivity index (χ3n) is 5.16. The lowest BCUT2D eigenvalue weighted by Gasteiger charge is -2.34. The zero-order valence-electron chi connectivity index (χ0n) is 15.2. The van der Waals surface area contributed by atoms with Crippen LogP contribution < -0.4 is 5.56 Å². The summed E-state index contributed by atoms with van der Waals surface area (Å²) in [5.74, 6) is -0.0818. The topological polar surface area (TPSA) is 88.3 Å². The SMILES string of the molecule is Cc1nc2cc(C3CCCCN3C(=O)c3ccn(C)n3)[nH]n2c(=O)c1C. The van der Waals surface area contributed by atoms with Crippen molar-refractivity contribution in [1.29, 1.82) is 0 Å². The molecule has 1 aliphatic rings. The molecule has 136 valence electrons. The summed E-state index contributed by atoms with van der Waals surface area (Å²) in [6, 6.07) is 3.50. The van der Waals surface area contributed by atoms with Crippen LogP contribution in [0.2, 0.25) is 0 Å². The molecule has 1 unspecified atom stereocenters. The highest BCUT2D eigenvalue weighted by atomic mass is 16.2. The Balaban J connectivity index is 1.75. The van der Waals surface area contributed by atoms with Crippen LogP contribution in [0.5, 0.6) is 0 Å². The van der Waals surface area contributed by atoms with Crippen molar-refractivity contribution in [2.45, 2.75) is 39.2 Å². The highest BCUT2D eigenvalue weighted by molar-refractivity contribution is 5.92. The lowest BCUT2D eigenvalue weighted by Crippen LogP contribution is -2.39. The number of likely N-dealkylation sites (tertiary alicyclic amines) is 1. The van der Waals surface area contributed by atoms with E-state index in [-0.39, 0.29) is 17.5 Å². The van der Waals surface area contributed by atoms with E-state index < -0.39 is 0 Å². The predicted molar refractivity (Wildman–Crippen MR) is 96.1 cm³/mol. The van der Waals surface area contributed by atoms with E-state index in [4.69, 9.17) is 0 Å². The number of rotatable bonds is 2. The Hall–Kier alpha value is -2.90. The van der Waals surface area contributed by atoms with Crippen LogP contribution in [-0.4, -0.2) is 41.7 Å². The molecule has 1 atom stereocenters. The summed E-state index contributed by atoms with van der Waals surface area (Å²) in [6.07, 6.45) is 4.61. The predicted octanol–water partition coefficient (Wildman–Crippen LogP) is 1.74. The van der Waals surface area contributed by atoms with Crippen LogP contribution in [0.1, 0.15) is 52.7 Å². The molecule has 0 saturated carbocycles. The number of hydrogen-bond acceptors (Lipinski definition) is 4. The maximum Gasteiger partial charge on any atom is 0.275 e. The number of piperidine rings is 1. The van der Waals surface area contributed by atoms with Gasteiger partial charge in [0, 0.05) is 37.1 Å². The summed E-state index contributed by atoms with van der Waals surface area (Å²) in [6.45, 7) is 4.28. The Labute approximate surface area is 150 Å². The molecule has 1 fully saturated rings. The number of nitrogens with one attached hydrogen (secondary N) is 1. The maximum atomic E-state index is 12.9. The van der Waals surface area contributed by atoms with E-state index >= 15 is 0 Å². The highest BCUT2D eigenvalue weighted by Gasteiger charge is 2.31. The maximum absolute atomic E-state index is 12.9. The second kappa shape index (κ2) is 6.12. The Morgan fingerprint density at radius 1 is 1.31 bits per heavy atom. The minimum atomic E-state index is -0.111. The van der Waals surface area contributed by atoms with Gasteiger partial charge in [0.15, 0.2) is 5.65 Å². The largest absolute Gasteiger partial charge is 0.329 e. The van der Waals surface area contributed by atoms with Gasteiger partial charge < -0.3 is 4.90 Å². The number of aryl methyl sites for hydroxylation is 2. The van der Waals surface area contributed by atoms with Crippen LogP contribution in [0.4, 0.5) is 0 Å². The van der Waals surface area contributed by atoms with Crippen molar-refractivity contribution in [2.24, 2.45) is 7.05 Å². The van der Waals surface area contributed by atoms with E-state index in [2.05, 4.69) is 15.2 Å². The van der Waals surface area contributed by atoms with E-state index in [1.807, 2.05) is 17.9 Å². The van der Waals surface area contributed by atoms with Gasteiger partial charge in [0.2, 0.25) is 0 Å². The highest BCUT2D eigenvalue weighted by Crippen LogP contribution is 2.31. The van der Waals surface area contributed by atoms with Crippen molar-refractivity contribution >= 4 is 11.6 Å². The zero-order valence-corrected chi connectivity index (χ0v) is 15.2. The Bertz CT molecular complexity index is 1040. The van der Waals surface area contributed by atoms with Gasteiger partial charge in [-0.1, -0.05) is 0 Å².